The van der Waals surface area contributed by atoms with Crippen LogP contribution in [-0.4, -0.2) is 23.5 Å². The summed E-state index contributed by atoms with van der Waals surface area (Å²) in [7, 11) is 0. The normalized spacial score (nSPS) is 10.3. The fraction of sp³-hybridized carbons (Fsp3) is 0.353. The Morgan fingerprint density at radius 2 is 1.87 bits per heavy atom. The average Bonchev–Trinajstić information content (AvgIpc) is 3.02. The molecular formula is C17H20N2O3S. The van der Waals surface area contributed by atoms with Crippen LogP contribution >= 0.6 is 11.3 Å². The molecular weight excluding hydrogens is 312 g/mol. The second-order valence-electron chi connectivity index (χ2n) is 4.98. The van der Waals surface area contributed by atoms with Crippen molar-refractivity contribution in [1.82, 2.24) is 4.98 Å². The van der Waals surface area contributed by atoms with E-state index in [0.717, 1.165) is 12.0 Å². The molecule has 0 bridgehead atoms. The van der Waals surface area contributed by atoms with E-state index in [9.17, 15) is 9.59 Å². The van der Waals surface area contributed by atoms with Gasteiger partial charge in [0.1, 0.15) is 0 Å². The molecule has 2 aromatic rings. The van der Waals surface area contributed by atoms with Crippen molar-refractivity contribution in [3.05, 3.63) is 46.5 Å². The summed E-state index contributed by atoms with van der Waals surface area (Å²) in [6.07, 6.45) is 2.05. The molecule has 0 saturated heterocycles. The molecule has 5 nitrogen and oxygen atoms in total. The number of thiazole rings is 1. The van der Waals surface area contributed by atoms with Crippen molar-refractivity contribution in [3.63, 3.8) is 0 Å². The van der Waals surface area contributed by atoms with E-state index >= 15 is 0 Å². The summed E-state index contributed by atoms with van der Waals surface area (Å²) < 4.78 is 4.86. The number of aryl methyl sites for hydroxylation is 2. The molecule has 0 aliphatic heterocycles. The molecule has 1 N–H and O–H groups in total. The van der Waals surface area contributed by atoms with Gasteiger partial charge >= 0.3 is 5.97 Å². The lowest BCUT2D eigenvalue weighted by atomic mass is 10.1. The number of amides is 1. The van der Waals surface area contributed by atoms with Crippen LogP contribution in [0.15, 0.2) is 29.6 Å². The smallest absolute Gasteiger partial charge is 0.357 e. The highest BCUT2D eigenvalue weighted by Gasteiger charge is 2.13. The van der Waals surface area contributed by atoms with Gasteiger partial charge < -0.3 is 10.1 Å². The molecule has 0 radical (unpaired) electrons. The van der Waals surface area contributed by atoms with Crippen LogP contribution in [0.2, 0.25) is 0 Å². The van der Waals surface area contributed by atoms with E-state index in [4.69, 9.17) is 4.74 Å². The minimum absolute atomic E-state index is 0.116. The standard InChI is InChI=1S/C17H20N2O3S/c1-3-12-5-7-13(8-6-12)9-10-15(20)19-17-18-14(11-23-17)16(21)22-4-2/h5-8,11H,3-4,9-10H2,1-2H3,(H,18,19,20). The van der Waals surface area contributed by atoms with Crippen LogP contribution in [0, 0.1) is 0 Å². The third kappa shape index (κ3) is 5.17. The first-order valence-corrected chi connectivity index (χ1v) is 8.50. The summed E-state index contributed by atoms with van der Waals surface area (Å²) >= 11 is 1.21. The molecule has 0 aliphatic carbocycles. The lowest BCUT2D eigenvalue weighted by molar-refractivity contribution is -0.116. The number of benzene rings is 1. The fourth-order valence-corrected chi connectivity index (χ4v) is 2.71. The summed E-state index contributed by atoms with van der Waals surface area (Å²) in [4.78, 5) is 27.5. The van der Waals surface area contributed by atoms with Crippen molar-refractivity contribution < 1.29 is 14.3 Å². The van der Waals surface area contributed by atoms with Crippen molar-refractivity contribution in [3.8, 4) is 0 Å². The Hall–Kier alpha value is -2.21. The Bertz CT molecular complexity index is 665. The van der Waals surface area contributed by atoms with Gasteiger partial charge in [0, 0.05) is 11.8 Å². The number of hydrogen-bond acceptors (Lipinski definition) is 5. The quantitative estimate of drug-likeness (QED) is 0.789. The number of carbonyl (C=O) groups is 2. The van der Waals surface area contributed by atoms with Crippen LogP contribution in [0.25, 0.3) is 0 Å². The lowest BCUT2D eigenvalue weighted by Gasteiger charge is -2.03. The third-order valence-electron chi connectivity index (χ3n) is 3.31. The maximum absolute atomic E-state index is 12.0. The maximum atomic E-state index is 12.0. The van der Waals surface area contributed by atoms with Gasteiger partial charge in [-0.25, -0.2) is 9.78 Å². The molecule has 0 unspecified atom stereocenters. The topological polar surface area (TPSA) is 68.3 Å². The van der Waals surface area contributed by atoms with Crippen molar-refractivity contribution in [1.29, 1.82) is 0 Å². The predicted molar refractivity (Wildman–Crippen MR) is 90.8 cm³/mol. The van der Waals surface area contributed by atoms with Gasteiger partial charge in [-0.05, 0) is 30.9 Å². The zero-order valence-corrected chi connectivity index (χ0v) is 14.1. The van der Waals surface area contributed by atoms with Gasteiger partial charge in [-0.15, -0.1) is 11.3 Å². The maximum Gasteiger partial charge on any atom is 0.357 e. The van der Waals surface area contributed by atoms with Gasteiger partial charge in [-0.1, -0.05) is 31.2 Å². The van der Waals surface area contributed by atoms with Crippen LogP contribution in [0.1, 0.15) is 41.9 Å². The molecule has 6 heteroatoms. The minimum Gasteiger partial charge on any atom is -0.461 e. The summed E-state index contributed by atoms with van der Waals surface area (Å²) in [6, 6.07) is 8.27. The summed E-state index contributed by atoms with van der Waals surface area (Å²) in [6.45, 7) is 4.15. The summed E-state index contributed by atoms with van der Waals surface area (Å²) in [5.74, 6) is -0.588. The SMILES string of the molecule is CCOC(=O)c1csc(NC(=O)CCc2ccc(CC)cc2)n1. The summed E-state index contributed by atoms with van der Waals surface area (Å²) in [5, 5.41) is 4.71. The first-order chi connectivity index (χ1) is 11.1. The molecule has 1 aromatic heterocycles. The number of ether oxygens (including phenoxy) is 1. The van der Waals surface area contributed by atoms with Gasteiger partial charge in [-0.3, -0.25) is 4.79 Å². The van der Waals surface area contributed by atoms with Crippen molar-refractivity contribution in [2.45, 2.75) is 33.1 Å². The molecule has 122 valence electrons. The number of nitrogens with one attached hydrogen (secondary N) is 1. The lowest BCUT2D eigenvalue weighted by Crippen LogP contribution is -2.12. The fourth-order valence-electron chi connectivity index (χ4n) is 2.01. The Labute approximate surface area is 139 Å². The van der Waals surface area contributed by atoms with Gasteiger partial charge in [0.05, 0.1) is 6.61 Å². The van der Waals surface area contributed by atoms with Gasteiger partial charge in [0.15, 0.2) is 10.8 Å². The molecule has 0 saturated carbocycles. The Morgan fingerprint density at radius 3 is 2.52 bits per heavy atom. The first-order valence-electron chi connectivity index (χ1n) is 7.62. The number of hydrogen-bond donors (Lipinski definition) is 1. The molecule has 2 rings (SSSR count). The Kier molecular flexibility index (Phi) is 6.29. The number of esters is 1. The van der Waals surface area contributed by atoms with Crippen LogP contribution in [0.4, 0.5) is 5.13 Å². The van der Waals surface area contributed by atoms with Crippen molar-refractivity contribution in [2.24, 2.45) is 0 Å². The highest BCUT2D eigenvalue weighted by atomic mass is 32.1. The third-order valence-corrected chi connectivity index (χ3v) is 4.06. The largest absolute Gasteiger partial charge is 0.461 e. The molecule has 1 amide bonds. The number of nitrogens with zero attached hydrogens (tertiary/aromatic N) is 1. The predicted octanol–water partition coefficient (Wildman–Crippen LogP) is 3.45. The zero-order chi connectivity index (χ0) is 16.7. The highest BCUT2D eigenvalue weighted by Crippen LogP contribution is 2.17. The second kappa shape index (κ2) is 8.43. The molecule has 23 heavy (non-hydrogen) atoms. The molecule has 0 fully saturated rings. The van der Waals surface area contributed by atoms with E-state index in [1.807, 2.05) is 12.1 Å². The van der Waals surface area contributed by atoms with E-state index in [1.165, 1.54) is 16.9 Å². The molecule has 0 spiro atoms. The van der Waals surface area contributed by atoms with Crippen LogP contribution in [-0.2, 0) is 22.4 Å². The number of rotatable bonds is 7. The Morgan fingerprint density at radius 1 is 1.17 bits per heavy atom. The number of carbonyl (C=O) groups excluding carboxylic acids is 2. The molecule has 0 aliphatic rings. The van der Waals surface area contributed by atoms with E-state index < -0.39 is 5.97 Å². The molecule has 1 aromatic carbocycles. The highest BCUT2D eigenvalue weighted by molar-refractivity contribution is 7.14. The van der Waals surface area contributed by atoms with E-state index in [2.05, 4.69) is 29.4 Å². The number of anilines is 1. The average molecular weight is 332 g/mol. The van der Waals surface area contributed by atoms with E-state index in [0.29, 0.717) is 24.6 Å². The Balaban J connectivity index is 1.83. The molecule has 1 heterocycles. The zero-order valence-electron chi connectivity index (χ0n) is 13.3. The van der Waals surface area contributed by atoms with Gasteiger partial charge in [-0.2, -0.15) is 0 Å². The van der Waals surface area contributed by atoms with E-state index in [1.54, 1.807) is 12.3 Å². The van der Waals surface area contributed by atoms with Crippen LogP contribution < -0.4 is 5.32 Å². The van der Waals surface area contributed by atoms with Gasteiger partial charge in [0.2, 0.25) is 5.91 Å². The van der Waals surface area contributed by atoms with E-state index in [-0.39, 0.29) is 11.6 Å². The van der Waals surface area contributed by atoms with Crippen molar-refractivity contribution in [2.75, 3.05) is 11.9 Å². The van der Waals surface area contributed by atoms with Gasteiger partial charge in [0.25, 0.3) is 0 Å². The monoisotopic (exact) mass is 332 g/mol. The second-order valence-corrected chi connectivity index (χ2v) is 5.83. The van der Waals surface area contributed by atoms with Crippen LogP contribution in [0.5, 0.6) is 0 Å². The van der Waals surface area contributed by atoms with Crippen molar-refractivity contribution >= 4 is 28.3 Å². The first kappa shape index (κ1) is 17.1. The number of aromatic nitrogens is 1. The minimum atomic E-state index is -0.472. The molecule has 0 atom stereocenters. The summed E-state index contributed by atoms with van der Waals surface area (Å²) in [5.41, 5.74) is 2.64. The van der Waals surface area contributed by atoms with Crippen LogP contribution in [0.3, 0.4) is 0 Å².